The second kappa shape index (κ2) is 10.4. The summed E-state index contributed by atoms with van der Waals surface area (Å²) in [5.41, 5.74) is 0. The third-order valence-electron chi connectivity index (χ3n) is 2.52. The molecule has 100 valence electrons. The number of amides is 1. The van der Waals surface area contributed by atoms with E-state index in [-0.39, 0.29) is 18.3 Å². The maximum Gasteiger partial charge on any atom is 0.275 e. The van der Waals surface area contributed by atoms with Crippen LogP contribution in [0.15, 0.2) is 25.3 Å². The first-order valence-corrected chi connectivity index (χ1v) is 5.90. The maximum absolute atomic E-state index is 11.7. The molecular formula is C13H25ClN2O. The minimum atomic E-state index is 0. The van der Waals surface area contributed by atoms with Gasteiger partial charge in [0.15, 0.2) is 6.54 Å². The van der Waals surface area contributed by atoms with E-state index in [0.29, 0.717) is 11.0 Å². The lowest BCUT2D eigenvalue weighted by atomic mass is 10.3. The summed E-state index contributed by atoms with van der Waals surface area (Å²) >= 11 is 0. The number of nitrogens with zero attached hydrogens (tertiary/aromatic N) is 1. The summed E-state index contributed by atoms with van der Waals surface area (Å²) in [5, 5.41) is 2.93. The highest BCUT2D eigenvalue weighted by Gasteiger charge is 2.21. The molecule has 3 nitrogen and oxygen atoms in total. The highest BCUT2D eigenvalue weighted by Crippen LogP contribution is 2.02. The third-order valence-corrected chi connectivity index (χ3v) is 2.52. The molecular weight excluding hydrogens is 236 g/mol. The number of halogens is 1. The van der Waals surface area contributed by atoms with Crippen LogP contribution in [0.25, 0.3) is 0 Å². The van der Waals surface area contributed by atoms with Crippen LogP contribution in [0.1, 0.15) is 19.8 Å². The molecule has 0 bridgehead atoms. The highest BCUT2D eigenvalue weighted by molar-refractivity contribution is 5.77. The summed E-state index contributed by atoms with van der Waals surface area (Å²) in [7, 11) is 2.04. The zero-order valence-corrected chi connectivity index (χ0v) is 11.8. The number of carbonyl (C=O) groups is 1. The quantitative estimate of drug-likeness (QED) is 0.313. The number of hydrogen-bond acceptors (Lipinski definition) is 1. The lowest BCUT2D eigenvalue weighted by Gasteiger charge is -2.31. The number of quaternary nitrogens is 1. The fourth-order valence-electron chi connectivity index (χ4n) is 1.63. The Morgan fingerprint density at radius 1 is 1.29 bits per heavy atom. The van der Waals surface area contributed by atoms with Crippen LogP contribution in [0.5, 0.6) is 0 Å². The van der Waals surface area contributed by atoms with Gasteiger partial charge in [-0.1, -0.05) is 26.5 Å². The molecule has 1 N–H and O–H groups in total. The average Bonchev–Trinajstić information content (AvgIpc) is 2.18. The van der Waals surface area contributed by atoms with Crippen molar-refractivity contribution in [1.29, 1.82) is 0 Å². The molecule has 0 aromatic rings. The molecule has 0 aliphatic carbocycles. The molecule has 0 heterocycles. The Morgan fingerprint density at radius 2 is 1.82 bits per heavy atom. The van der Waals surface area contributed by atoms with Crippen LogP contribution in [-0.4, -0.2) is 43.6 Å². The third kappa shape index (κ3) is 8.95. The number of nitrogens with one attached hydrogen (secondary N) is 1. The van der Waals surface area contributed by atoms with Crippen molar-refractivity contribution in [2.45, 2.75) is 19.8 Å². The standard InChI is InChI=1S/C13H24N2O.ClH/c1-5-8-9-14-13(16)12-15(4,10-6-2)11-7-3;/h6-7H,2-3,5,8-12H2,1,4H3;1H. The van der Waals surface area contributed by atoms with E-state index in [1.54, 1.807) is 0 Å². The number of rotatable bonds is 9. The summed E-state index contributed by atoms with van der Waals surface area (Å²) in [6.45, 7) is 12.4. The molecule has 0 fully saturated rings. The summed E-state index contributed by atoms with van der Waals surface area (Å²) < 4.78 is 0.644. The van der Waals surface area contributed by atoms with Crippen LogP contribution in [0.4, 0.5) is 0 Å². The highest BCUT2D eigenvalue weighted by atomic mass is 35.5. The second-order valence-electron chi connectivity index (χ2n) is 4.42. The van der Waals surface area contributed by atoms with Crippen LogP contribution in [0.3, 0.4) is 0 Å². The first kappa shape index (κ1) is 18.6. The van der Waals surface area contributed by atoms with Gasteiger partial charge in [0.05, 0.1) is 20.1 Å². The van der Waals surface area contributed by atoms with Gasteiger partial charge in [0.2, 0.25) is 0 Å². The number of unbranched alkanes of at least 4 members (excludes halogenated alkanes) is 1. The Hall–Kier alpha value is -0.800. The van der Waals surface area contributed by atoms with Gasteiger partial charge in [-0.3, -0.25) is 4.79 Å². The predicted molar refractivity (Wildman–Crippen MR) is 69.1 cm³/mol. The molecule has 0 aromatic carbocycles. The van der Waals surface area contributed by atoms with Crippen molar-refractivity contribution in [2.75, 3.05) is 33.2 Å². The van der Waals surface area contributed by atoms with Crippen LogP contribution in [0, 0.1) is 0 Å². The first-order valence-electron chi connectivity index (χ1n) is 5.90. The van der Waals surface area contributed by atoms with Crippen molar-refractivity contribution < 1.29 is 21.7 Å². The molecule has 0 unspecified atom stereocenters. The lowest BCUT2D eigenvalue weighted by molar-refractivity contribution is -0.890. The molecule has 0 aliphatic rings. The smallest absolute Gasteiger partial charge is 0.275 e. The molecule has 0 spiro atoms. The predicted octanol–water partition coefficient (Wildman–Crippen LogP) is -1.27. The summed E-state index contributed by atoms with van der Waals surface area (Å²) in [6.07, 6.45) is 5.84. The van der Waals surface area contributed by atoms with E-state index in [1.807, 2.05) is 19.2 Å². The fraction of sp³-hybridized carbons (Fsp3) is 0.615. The van der Waals surface area contributed by atoms with Crippen LogP contribution >= 0.6 is 0 Å². The van der Waals surface area contributed by atoms with E-state index < -0.39 is 0 Å². The molecule has 0 aromatic heterocycles. The fourth-order valence-corrected chi connectivity index (χ4v) is 1.63. The minimum absolute atomic E-state index is 0. The van der Waals surface area contributed by atoms with Crippen molar-refractivity contribution in [1.82, 2.24) is 5.32 Å². The van der Waals surface area contributed by atoms with Crippen LogP contribution < -0.4 is 17.7 Å². The zero-order chi connectivity index (χ0) is 12.4. The molecule has 1 amide bonds. The Labute approximate surface area is 112 Å². The van der Waals surface area contributed by atoms with Crippen molar-refractivity contribution >= 4 is 5.91 Å². The molecule has 0 rings (SSSR count). The average molecular weight is 261 g/mol. The topological polar surface area (TPSA) is 29.1 Å². The summed E-state index contributed by atoms with van der Waals surface area (Å²) in [5.74, 6) is 0.111. The van der Waals surface area contributed by atoms with Gasteiger partial charge in [-0.15, -0.1) is 0 Å². The first-order chi connectivity index (χ1) is 7.58. The molecule has 17 heavy (non-hydrogen) atoms. The van der Waals surface area contributed by atoms with Crippen molar-refractivity contribution in [3.8, 4) is 0 Å². The molecule has 0 radical (unpaired) electrons. The monoisotopic (exact) mass is 260 g/mol. The van der Waals surface area contributed by atoms with E-state index in [9.17, 15) is 4.79 Å². The molecule has 0 atom stereocenters. The van der Waals surface area contributed by atoms with E-state index in [0.717, 1.165) is 32.5 Å². The Kier molecular flexibility index (Phi) is 11.3. The van der Waals surface area contributed by atoms with Gasteiger partial charge >= 0.3 is 0 Å². The SMILES string of the molecule is C=CC[N+](C)(CC=C)CC(=O)NCCCC.[Cl-]. The molecule has 4 heteroatoms. The van der Waals surface area contributed by atoms with Gasteiger partial charge in [-0.05, 0) is 18.6 Å². The second-order valence-corrected chi connectivity index (χ2v) is 4.42. The van der Waals surface area contributed by atoms with Gasteiger partial charge in [0.1, 0.15) is 0 Å². The van der Waals surface area contributed by atoms with E-state index in [4.69, 9.17) is 0 Å². The Balaban J connectivity index is 0. The Morgan fingerprint density at radius 3 is 2.24 bits per heavy atom. The summed E-state index contributed by atoms with van der Waals surface area (Å²) in [4.78, 5) is 11.7. The summed E-state index contributed by atoms with van der Waals surface area (Å²) in [6, 6.07) is 0. The van der Waals surface area contributed by atoms with Gasteiger partial charge in [-0.25, -0.2) is 0 Å². The number of likely N-dealkylation sites (N-methyl/N-ethyl adjacent to an activating group) is 1. The maximum atomic E-state index is 11.7. The zero-order valence-electron chi connectivity index (χ0n) is 11.0. The van der Waals surface area contributed by atoms with Crippen LogP contribution in [-0.2, 0) is 4.79 Å². The van der Waals surface area contributed by atoms with Gasteiger partial charge in [0.25, 0.3) is 5.91 Å². The van der Waals surface area contributed by atoms with E-state index >= 15 is 0 Å². The van der Waals surface area contributed by atoms with Gasteiger partial charge in [-0.2, -0.15) is 0 Å². The minimum Gasteiger partial charge on any atom is -1.00 e. The number of hydrogen-bond donors (Lipinski definition) is 1. The van der Waals surface area contributed by atoms with Gasteiger partial charge < -0.3 is 22.2 Å². The number of carbonyl (C=O) groups excluding carboxylic acids is 1. The molecule has 0 saturated heterocycles. The van der Waals surface area contributed by atoms with Crippen molar-refractivity contribution in [3.63, 3.8) is 0 Å². The van der Waals surface area contributed by atoms with Crippen molar-refractivity contribution in [3.05, 3.63) is 25.3 Å². The van der Waals surface area contributed by atoms with Gasteiger partial charge in [0, 0.05) is 6.54 Å². The Bertz CT molecular complexity index is 232. The largest absolute Gasteiger partial charge is 1.00 e. The van der Waals surface area contributed by atoms with Crippen LogP contribution in [0.2, 0.25) is 0 Å². The normalized spacial score (nSPS) is 10.2. The van der Waals surface area contributed by atoms with Crippen molar-refractivity contribution in [2.24, 2.45) is 0 Å². The lowest BCUT2D eigenvalue weighted by Crippen LogP contribution is -3.00. The molecule has 0 saturated carbocycles. The van der Waals surface area contributed by atoms with E-state index in [2.05, 4.69) is 25.4 Å². The molecule has 0 aliphatic heterocycles. The van der Waals surface area contributed by atoms with E-state index in [1.165, 1.54) is 0 Å².